The number of rotatable bonds is 8. The summed E-state index contributed by atoms with van der Waals surface area (Å²) in [4.78, 5) is 10.9. The van der Waals surface area contributed by atoms with E-state index in [2.05, 4.69) is 46.5 Å². The molecule has 0 aromatic heterocycles. The Hall–Kier alpha value is -0.950. The summed E-state index contributed by atoms with van der Waals surface area (Å²) in [6.45, 7) is 10.4. The normalized spacial score (nSPS) is 17.1. The lowest BCUT2D eigenvalue weighted by atomic mass is 10.4. The van der Waals surface area contributed by atoms with E-state index in [-0.39, 0.29) is 0 Å². The fraction of sp³-hybridized carbons (Fsp3) is 0.632. The van der Waals surface area contributed by atoms with E-state index in [0.29, 0.717) is 0 Å². The second kappa shape index (κ2) is 12.4. The van der Waals surface area contributed by atoms with Gasteiger partial charge in [0.15, 0.2) is 5.96 Å². The van der Waals surface area contributed by atoms with Crippen molar-refractivity contribution >= 4 is 29.3 Å². The van der Waals surface area contributed by atoms with Crippen molar-refractivity contribution in [2.24, 2.45) is 4.99 Å². The molecule has 1 aromatic carbocycles. The Morgan fingerprint density at radius 1 is 1.15 bits per heavy atom. The first-order valence-electron chi connectivity index (χ1n) is 9.49. The molecule has 5 nitrogen and oxygen atoms in total. The summed E-state index contributed by atoms with van der Waals surface area (Å²) >= 11 is 7.74. The third kappa shape index (κ3) is 8.62. The average Bonchev–Trinajstić information content (AvgIpc) is 2.84. The molecule has 1 heterocycles. The number of hydrogen-bond acceptors (Lipinski definition) is 4. The van der Waals surface area contributed by atoms with Gasteiger partial charge < -0.3 is 20.4 Å². The zero-order valence-corrected chi connectivity index (χ0v) is 17.6. The van der Waals surface area contributed by atoms with E-state index in [0.717, 1.165) is 56.0 Å². The largest absolute Gasteiger partial charge is 0.357 e. The molecule has 146 valence electrons. The maximum Gasteiger partial charge on any atom is 0.191 e. The van der Waals surface area contributed by atoms with Gasteiger partial charge >= 0.3 is 0 Å². The van der Waals surface area contributed by atoms with Gasteiger partial charge in [-0.25, -0.2) is 0 Å². The van der Waals surface area contributed by atoms with Crippen molar-refractivity contribution in [3.63, 3.8) is 0 Å². The molecule has 26 heavy (non-hydrogen) atoms. The van der Waals surface area contributed by atoms with Crippen LogP contribution in [0.4, 0.5) is 0 Å². The molecule has 7 heteroatoms. The highest BCUT2D eigenvalue weighted by molar-refractivity contribution is 7.99. The minimum absolute atomic E-state index is 0.782. The maximum atomic E-state index is 5.92. The molecular formula is C19H32ClN5S. The minimum atomic E-state index is 0.782. The topological polar surface area (TPSA) is 42.9 Å². The molecular weight excluding hydrogens is 366 g/mol. The Bertz CT molecular complexity index is 537. The smallest absolute Gasteiger partial charge is 0.191 e. The van der Waals surface area contributed by atoms with Crippen LogP contribution >= 0.6 is 23.4 Å². The Kier molecular flexibility index (Phi) is 10.2. The van der Waals surface area contributed by atoms with Gasteiger partial charge in [0.05, 0.1) is 6.54 Å². The van der Waals surface area contributed by atoms with Crippen LogP contribution < -0.4 is 10.6 Å². The summed E-state index contributed by atoms with van der Waals surface area (Å²) in [5.74, 6) is 1.90. The van der Waals surface area contributed by atoms with Crippen molar-refractivity contribution in [2.75, 3.05) is 65.2 Å². The number of hydrogen-bond donors (Lipinski definition) is 2. The van der Waals surface area contributed by atoms with Crippen molar-refractivity contribution < 1.29 is 0 Å². The number of halogens is 1. The van der Waals surface area contributed by atoms with Gasteiger partial charge in [0.2, 0.25) is 0 Å². The quantitative estimate of drug-likeness (QED) is 0.305. The van der Waals surface area contributed by atoms with Gasteiger partial charge in [0, 0.05) is 48.4 Å². The predicted octanol–water partition coefficient (Wildman–Crippen LogP) is 2.62. The van der Waals surface area contributed by atoms with Gasteiger partial charge in [-0.2, -0.15) is 0 Å². The van der Waals surface area contributed by atoms with Crippen molar-refractivity contribution in [3.8, 4) is 0 Å². The third-order valence-electron chi connectivity index (χ3n) is 4.32. The SMILES string of the molecule is CCNC(=NCCN1CCCN(C)CC1)NCCSc1ccc(Cl)cc1. The maximum absolute atomic E-state index is 5.92. The molecule has 0 atom stereocenters. The van der Waals surface area contributed by atoms with Crippen LogP contribution in [0.2, 0.25) is 5.02 Å². The van der Waals surface area contributed by atoms with Crippen LogP contribution in [-0.4, -0.2) is 80.9 Å². The number of aliphatic imine (C=N–C) groups is 1. The zero-order chi connectivity index (χ0) is 18.6. The molecule has 0 amide bonds. The molecule has 1 aliphatic rings. The molecule has 0 radical (unpaired) electrons. The number of thioether (sulfide) groups is 1. The molecule has 1 fully saturated rings. The first-order valence-corrected chi connectivity index (χ1v) is 10.8. The highest BCUT2D eigenvalue weighted by Gasteiger charge is 2.11. The van der Waals surface area contributed by atoms with Crippen molar-refractivity contribution in [3.05, 3.63) is 29.3 Å². The Morgan fingerprint density at radius 2 is 1.96 bits per heavy atom. The van der Waals surface area contributed by atoms with Crippen molar-refractivity contribution in [2.45, 2.75) is 18.2 Å². The van der Waals surface area contributed by atoms with Gasteiger partial charge in [-0.15, -0.1) is 11.8 Å². The summed E-state index contributed by atoms with van der Waals surface area (Å²) in [5.41, 5.74) is 0. The zero-order valence-electron chi connectivity index (χ0n) is 16.0. The number of likely N-dealkylation sites (N-methyl/N-ethyl adjacent to an activating group) is 1. The van der Waals surface area contributed by atoms with Gasteiger partial charge in [0.1, 0.15) is 0 Å². The summed E-state index contributed by atoms with van der Waals surface area (Å²) < 4.78 is 0. The second-order valence-electron chi connectivity index (χ2n) is 6.49. The minimum Gasteiger partial charge on any atom is -0.357 e. The Labute approximate surface area is 167 Å². The monoisotopic (exact) mass is 397 g/mol. The lowest BCUT2D eigenvalue weighted by Gasteiger charge is -2.19. The third-order valence-corrected chi connectivity index (χ3v) is 5.59. The standard InChI is InChI=1S/C19H32ClN5S/c1-3-21-19(22-9-13-25-12-4-11-24(2)14-15-25)23-10-16-26-18-7-5-17(20)6-8-18/h5-8H,3-4,9-16H2,1-2H3,(H2,21,22,23). The summed E-state index contributed by atoms with van der Waals surface area (Å²) in [7, 11) is 2.21. The van der Waals surface area contributed by atoms with Gasteiger partial charge in [-0.05, 0) is 57.7 Å². The van der Waals surface area contributed by atoms with E-state index < -0.39 is 0 Å². The van der Waals surface area contributed by atoms with Crippen LogP contribution in [0.5, 0.6) is 0 Å². The molecule has 2 rings (SSSR count). The molecule has 1 saturated heterocycles. The van der Waals surface area contributed by atoms with Crippen LogP contribution in [0.3, 0.4) is 0 Å². The van der Waals surface area contributed by atoms with E-state index in [9.17, 15) is 0 Å². The lowest BCUT2D eigenvalue weighted by molar-refractivity contribution is 0.283. The summed E-state index contributed by atoms with van der Waals surface area (Å²) in [6, 6.07) is 7.99. The first kappa shape index (κ1) is 21.4. The number of benzene rings is 1. The molecule has 0 bridgehead atoms. The highest BCUT2D eigenvalue weighted by Crippen LogP contribution is 2.19. The number of nitrogens with zero attached hydrogens (tertiary/aromatic N) is 3. The highest BCUT2D eigenvalue weighted by atomic mass is 35.5. The van der Waals surface area contributed by atoms with E-state index >= 15 is 0 Å². The van der Waals surface area contributed by atoms with E-state index in [1.165, 1.54) is 24.4 Å². The van der Waals surface area contributed by atoms with Gasteiger partial charge in [-0.1, -0.05) is 11.6 Å². The molecule has 1 aliphatic heterocycles. The Balaban J connectivity index is 1.67. The van der Waals surface area contributed by atoms with Crippen LogP contribution in [-0.2, 0) is 0 Å². The van der Waals surface area contributed by atoms with E-state index in [1.54, 1.807) is 0 Å². The summed E-state index contributed by atoms with van der Waals surface area (Å²) in [6.07, 6.45) is 1.25. The van der Waals surface area contributed by atoms with Crippen molar-refractivity contribution in [1.82, 2.24) is 20.4 Å². The van der Waals surface area contributed by atoms with Crippen LogP contribution in [0.1, 0.15) is 13.3 Å². The lowest BCUT2D eigenvalue weighted by Crippen LogP contribution is -2.39. The number of guanidine groups is 1. The molecule has 0 aliphatic carbocycles. The molecule has 1 aromatic rings. The Morgan fingerprint density at radius 3 is 2.73 bits per heavy atom. The van der Waals surface area contributed by atoms with E-state index in [1.807, 2.05) is 23.9 Å². The molecule has 2 N–H and O–H groups in total. The van der Waals surface area contributed by atoms with E-state index in [4.69, 9.17) is 16.6 Å². The average molecular weight is 398 g/mol. The fourth-order valence-corrected chi connectivity index (χ4v) is 3.73. The van der Waals surface area contributed by atoms with Crippen LogP contribution in [0, 0.1) is 0 Å². The van der Waals surface area contributed by atoms with Gasteiger partial charge in [-0.3, -0.25) is 4.99 Å². The first-order chi connectivity index (χ1) is 12.7. The van der Waals surface area contributed by atoms with Crippen molar-refractivity contribution in [1.29, 1.82) is 0 Å². The summed E-state index contributed by atoms with van der Waals surface area (Å²) in [5, 5.41) is 7.54. The van der Waals surface area contributed by atoms with Crippen LogP contribution in [0.25, 0.3) is 0 Å². The predicted molar refractivity (Wildman–Crippen MR) is 115 cm³/mol. The molecule has 0 saturated carbocycles. The second-order valence-corrected chi connectivity index (χ2v) is 8.09. The van der Waals surface area contributed by atoms with Crippen LogP contribution in [0.15, 0.2) is 34.2 Å². The molecule has 0 spiro atoms. The molecule has 0 unspecified atom stereocenters. The van der Waals surface area contributed by atoms with Gasteiger partial charge in [0.25, 0.3) is 0 Å². The fourth-order valence-electron chi connectivity index (χ4n) is 2.84. The number of nitrogens with one attached hydrogen (secondary N) is 2.